The molecular formula is C13H8F3N3O. The quantitative estimate of drug-likeness (QED) is 0.722. The van der Waals surface area contributed by atoms with E-state index in [2.05, 4.69) is 14.8 Å². The summed E-state index contributed by atoms with van der Waals surface area (Å²) < 4.78 is 42.1. The molecule has 3 rings (SSSR count). The van der Waals surface area contributed by atoms with Crippen LogP contribution in [0.3, 0.4) is 0 Å². The summed E-state index contributed by atoms with van der Waals surface area (Å²) in [7, 11) is 0. The highest BCUT2D eigenvalue weighted by Crippen LogP contribution is 2.27. The molecule has 4 nitrogen and oxygen atoms in total. The van der Waals surface area contributed by atoms with E-state index in [9.17, 15) is 13.2 Å². The molecule has 7 heteroatoms. The molecule has 0 fully saturated rings. The van der Waals surface area contributed by atoms with Gasteiger partial charge in [0.15, 0.2) is 5.65 Å². The second-order valence-electron chi connectivity index (χ2n) is 4.01. The molecule has 0 bridgehead atoms. The summed E-state index contributed by atoms with van der Waals surface area (Å²) in [4.78, 5) is 4.14. The standard InChI is InChI=1S/C13H8F3N3O/c14-13(15,16)20-10-4-1-3-9(7-10)11-8-17-12-5-2-6-18-19(11)12/h1-8H. The molecule has 102 valence electrons. The normalized spacial score (nSPS) is 11.8. The first-order chi connectivity index (χ1) is 9.53. The molecular weight excluding hydrogens is 271 g/mol. The Kier molecular flexibility index (Phi) is 2.81. The SMILES string of the molecule is FC(F)(F)Oc1cccc(-c2cnc3cccnn23)c1. The minimum absolute atomic E-state index is 0.277. The Balaban J connectivity index is 2.04. The highest BCUT2D eigenvalue weighted by Gasteiger charge is 2.31. The number of hydrogen-bond acceptors (Lipinski definition) is 3. The molecule has 0 spiro atoms. The van der Waals surface area contributed by atoms with Gasteiger partial charge in [-0.05, 0) is 24.3 Å². The van der Waals surface area contributed by atoms with Gasteiger partial charge in [-0.2, -0.15) is 5.10 Å². The van der Waals surface area contributed by atoms with E-state index in [1.54, 1.807) is 35.1 Å². The van der Waals surface area contributed by atoms with Gasteiger partial charge in [0.05, 0.1) is 11.9 Å². The van der Waals surface area contributed by atoms with Crippen LogP contribution in [0.4, 0.5) is 13.2 Å². The zero-order valence-corrected chi connectivity index (χ0v) is 10.0. The molecule has 0 aliphatic heterocycles. The molecule has 1 aromatic carbocycles. The van der Waals surface area contributed by atoms with E-state index in [0.29, 0.717) is 16.9 Å². The fourth-order valence-corrected chi connectivity index (χ4v) is 1.88. The molecule has 2 aromatic heterocycles. The number of benzene rings is 1. The van der Waals surface area contributed by atoms with Crippen LogP contribution in [0, 0.1) is 0 Å². The van der Waals surface area contributed by atoms with E-state index in [1.807, 2.05) is 0 Å². The zero-order chi connectivity index (χ0) is 14.2. The number of nitrogens with zero attached hydrogens (tertiary/aromatic N) is 3. The third-order valence-corrected chi connectivity index (χ3v) is 2.64. The smallest absolute Gasteiger partial charge is 0.406 e. The second-order valence-corrected chi connectivity index (χ2v) is 4.01. The predicted octanol–water partition coefficient (Wildman–Crippen LogP) is 3.29. The van der Waals surface area contributed by atoms with Crippen LogP contribution in [0.1, 0.15) is 0 Å². The van der Waals surface area contributed by atoms with E-state index in [-0.39, 0.29) is 5.75 Å². The second kappa shape index (κ2) is 4.52. The lowest BCUT2D eigenvalue weighted by atomic mass is 10.1. The molecule has 0 atom stereocenters. The molecule has 0 unspecified atom stereocenters. The van der Waals surface area contributed by atoms with Gasteiger partial charge in [-0.25, -0.2) is 9.50 Å². The monoisotopic (exact) mass is 279 g/mol. The highest BCUT2D eigenvalue weighted by molar-refractivity contribution is 5.64. The van der Waals surface area contributed by atoms with Gasteiger partial charge < -0.3 is 4.74 Å². The summed E-state index contributed by atoms with van der Waals surface area (Å²) >= 11 is 0. The van der Waals surface area contributed by atoms with E-state index in [4.69, 9.17) is 0 Å². The van der Waals surface area contributed by atoms with Crippen LogP contribution in [0.5, 0.6) is 5.75 Å². The summed E-state index contributed by atoms with van der Waals surface area (Å²) in [6, 6.07) is 9.18. The van der Waals surface area contributed by atoms with Crippen LogP contribution in [0.2, 0.25) is 0 Å². The molecule has 20 heavy (non-hydrogen) atoms. The fraction of sp³-hybridized carbons (Fsp3) is 0.0769. The summed E-state index contributed by atoms with van der Waals surface area (Å²) in [5.41, 5.74) is 1.75. The van der Waals surface area contributed by atoms with Crippen LogP contribution in [-0.2, 0) is 0 Å². The topological polar surface area (TPSA) is 39.4 Å². The summed E-state index contributed by atoms with van der Waals surface area (Å²) in [5.74, 6) is -0.277. The van der Waals surface area contributed by atoms with Gasteiger partial charge in [-0.15, -0.1) is 13.2 Å². The van der Waals surface area contributed by atoms with Gasteiger partial charge in [0.25, 0.3) is 0 Å². The minimum atomic E-state index is -4.71. The molecule has 0 N–H and O–H groups in total. The van der Waals surface area contributed by atoms with Gasteiger partial charge in [0.2, 0.25) is 0 Å². The Hall–Kier alpha value is -2.57. The van der Waals surface area contributed by atoms with Crippen molar-refractivity contribution in [2.24, 2.45) is 0 Å². The van der Waals surface area contributed by atoms with Gasteiger partial charge in [-0.1, -0.05) is 12.1 Å². The van der Waals surface area contributed by atoms with Crippen molar-refractivity contribution in [2.45, 2.75) is 6.36 Å². The van der Waals surface area contributed by atoms with Crippen molar-refractivity contribution in [1.82, 2.24) is 14.6 Å². The van der Waals surface area contributed by atoms with E-state index >= 15 is 0 Å². The fourth-order valence-electron chi connectivity index (χ4n) is 1.88. The van der Waals surface area contributed by atoms with Crippen molar-refractivity contribution in [1.29, 1.82) is 0 Å². The average Bonchev–Trinajstić information content (AvgIpc) is 2.81. The molecule has 0 radical (unpaired) electrons. The van der Waals surface area contributed by atoms with Crippen LogP contribution < -0.4 is 4.74 Å². The van der Waals surface area contributed by atoms with Crippen molar-refractivity contribution in [2.75, 3.05) is 0 Å². The Morgan fingerprint density at radius 2 is 1.95 bits per heavy atom. The highest BCUT2D eigenvalue weighted by atomic mass is 19.4. The van der Waals surface area contributed by atoms with Crippen LogP contribution in [0.15, 0.2) is 48.8 Å². The Morgan fingerprint density at radius 3 is 2.75 bits per heavy atom. The van der Waals surface area contributed by atoms with Crippen LogP contribution in [-0.4, -0.2) is 21.0 Å². The van der Waals surface area contributed by atoms with Gasteiger partial charge in [0.1, 0.15) is 5.75 Å². The van der Waals surface area contributed by atoms with Crippen LogP contribution >= 0.6 is 0 Å². The molecule has 0 aliphatic carbocycles. The lowest BCUT2D eigenvalue weighted by Gasteiger charge is -2.09. The van der Waals surface area contributed by atoms with Crippen molar-refractivity contribution in [3.8, 4) is 17.0 Å². The van der Waals surface area contributed by atoms with Crippen LogP contribution in [0.25, 0.3) is 16.9 Å². The summed E-state index contributed by atoms with van der Waals surface area (Å²) in [6.07, 6.45) is -1.58. The summed E-state index contributed by atoms with van der Waals surface area (Å²) in [5, 5.41) is 4.11. The molecule has 0 saturated heterocycles. The number of fused-ring (bicyclic) bond motifs is 1. The number of aromatic nitrogens is 3. The van der Waals surface area contributed by atoms with E-state index in [1.165, 1.54) is 18.2 Å². The van der Waals surface area contributed by atoms with Crippen molar-refractivity contribution >= 4 is 5.65 Å². The minimum Gasteiger partial charge on any atom is -0.406 e. The number of rotatable bonds is 2. The molecule has 2 heterocycles. The number of halogens is 3. The third-order valence-electron chi connectivity index (χ3n) is 2.64. The molecule has 0 amide bonds. The van der Waals surface area contributed by atoms with Gasteiger partial charge in [0, 0.05) is 11.8 Å². The molecule has 3 aromatic rings. The Bertz CT molecular complexity index is 752. The lowest BCUT2D eigenvalue weighted by Crippen LogP contribution is -2.17. The number of alkyl halides is 3. The Morgan fingerprint density at radius 1 is 1.10 bits per heavy atom. The first kappa shape index (κ1) is 12.5. The van der Waals surface area contributed by atoms with Gasteiger partial charge >= 0.3 is 6.36 Å². The largest absolute Gasteiger partial charge is 0.573 e. The first-order valence-electron chi connectivity index (χ1n) is 5.68. The maximum absolute atomic E-state index is 12.2. The van der Waals surface area contributed by atoms with Crippen molar-refractivity contribution in [3.05, 3.63) is 48.8 Å². The summed E-state index contributed by atoms with van der Waals surface area (Å²) in [6.45, 7) is 0. The van der Waals surface area contributed by atoms with Crippen molar-refractivity contribution < 1.29 is 17.9 Å². The number of ether oxygens (including phenoxy) is 1. The third kappa shape index (κ3) is 2.42. The average molecular weight is 279 g/mol. The molecule has 0 saturated carbocycles. The Labute approximate surface area is 111 Å². The van der Waals surface area contributed by atoms with E-state index < -0.39 is 6.36 Å². The van der Waals surface area contributed by atoms with Gasteiger partial charge in [-0.3, -0.25) is 0 Å². The maximum Gasteiger partial charge on any atom is 0.573 e. The van der Waals surface area contributed by atoms with Crippen molar-refractivity contribution in [3.63, 3.8) is 0 Å². The lowest BCUT2D eigenvalue weighted by molar-refractivity contribution is -0.274. The zero-order valence-electron chi connectivity index (χ0n) is 10.0. The molecule has 0 aliphatic rings. The maximum atomic E-state index is 12.2. The van der Waals surface area contributed by atoms with E-state index in [0.717, 1.165) is 0 Å². The first-order valence-corrected chi connectivity index (χ1v) is 5.68. The predicted molar refractivity (Wildman–Crippen MR) is 65.1 cm³/mol. The number of imidazole rings is 1. The number of hydrogen-bond donors (Lipinski definition) is 0.